The van der Waals surface area contributed by atoms with Gasteiger partial charge in [-0.2, -0.15) is 0 Å². The Morgan fingerprint density at radius 2 is 1.71 bits per heavy atom. The third-order valence-corrected chi connectivity index (χ3v) is 3.15. The monoisotopic (exact) mass is 328 g/mol. The fraction of sp³-hybridized carbons (Fsp3) is 0.316. The first-order chi connectivity index (χ1) is 11.3. The van der Waals surface area contributed by atoms with Crippen molar-refractivity contribution in [2.24, 2.45) is 5.73 Å². The summed E-state index contributed by atoms with van der Waals surface area (Å²) in [7, 11) is 0. The van der Waals surface area contributed by atoms with Gasteiger partial charge in [0.2, 0.25) is 0 Å². The largest absolute Gasteiger partial charge is 0.457 e. The van der Waals surface area contributed by atoms with Crippen LogP contribution in [0.3, 0.4) is 0 Å². The number of alkyl carbamates (subject to hydrolysis) is 1. The van der Waals surface area contributed by atoms with Crippen LogP contribution in [0, 0.1) is 0 Å². The maximum absolute atomic E-state index is 11.8. The Morgan fingerprint density at radius 3 is 2.38 bits per heavy atom. The standard InChI is InChI=1S/C19H24N2O3/c1-19(2,3)24-18(22)21-13-16(20)15-11-7-8-12-17(15)23-14-9-5-4-6-10-14/h4-12,16H,13,20H2,1-3H3,(H,21,22). The number of benzene rings is 2. The highest BCUT2D eigenvalue weighted by molar-refractivity contribution is 5.67. The molecule has 0 aromatic heterocycles. The number of carbonyl (C=O) groups excluding carboxylic acids is 1. The van der Waals surface area contributed by atoms with Gasteiger partial charge in [0, 0.05) is 12.1 Å². The van der Waals surface area contributed by atoms with E-state index in [-0.39, 0.29) is 6.54 Å². The number of carbonyl (C=O) groups is 1. The van der Waals surface area contributed by atoms with Crippen LogP contribution in [-0.4, -0.2) is 18.2 Å². The number of para-hydroxylation sites is 2. The van der Waals surface area contributed by atoms with Crippen LogP contribution in [0.25, 0.3) is 0 Å². The number of nitrogens with one attached hydrogen (secondary N) is 1. The molecule has 5 nitrogen and oxygen atoms in total. The molecule has 0 aliphatic rings. The zero-order valence-electron chi connectivity index (χ0n) is 14.3. The first-order valence-electron chi connectivity index (χ1n) is 7.89. The molecule has 2 aromatic rings. The topological polar surface area (TPSA) is 73.6 Å². The quantitative estimate of drug-likeness (QED) is 0.870. The second-order valence-electron chi connectivity index (χ2n) is 6.44. The summed E-state index contributed by atoms with van der Waals surface area (Å²) in [5, 5.41) is 2.69. The highest BCUT2D eigenvalue weighted by Crippen LogP contribution is 2.28. The molecule has 5 heteroatoms. The molecule has 1 unspecified atom stereocenters. The van der Waals surface area contributed by atoms with E-state index in [1.54, 1.807) is 0 Å². The number of rotatable bonds is 5. The zero-order chi connectivity index (χ0) is 17.6. The molecule has 2 rings (SSSR count). The Balaban J connectivity index is 2.02. The molecule has 0 bridgehead atoms. The van der Waals surface area contributed by atoms with E-state index in [0.717, 1.165) is 11.3 Å². The average Bonchev–Trinajstić information content (AvgIpc) is 2.52. The van der Waals surface area contributed by atoms with E-state index in [1.807, 2.05) is 75.4 Å². The van der Waals surface area contributed by atoms with Crippen molar-refractivity contribution < 1.29 is 14.3 Å². The smallest absolute Gasteiger partial charge is 0.407 e. The van der Waals surface area contributed by atoms with Gasteiger partial charge in [-0.15, -0.1) is 0 Å². The van der Waals surface area contributed by atoms with E-state index in [1.165, 1.54) is 0 Å². The van der Waals surface area contributed by atoms with Crippen molar-refractivity contribution in [2.75, 3.05) is 6.54 Å². The van der Waals surface area contributed by atoms with Crippen LogP contribution in [0.15, 0.2) is 54.6 Å². The fourth-order valence-corrected chi connectivity index (χ4v) is 2.11. The molecule has 1 amide bonds. The zero-order valence-corrected chi connectivity index (χ0v) is 14.3. The molecular formula is C19H24N2O3. The molecule has 24 heavy (non-hydrogen) atoms. The maximum Gasteiger partial charge on any atom is 0.407 e. The maximum atomic E-state index is 11.8. The Labute approximate surface area is 142 Å². The van der Waals surface area contributed by atoms with Gasteiger partial charge in [0.15, 0.2) is 0 Å². The van der Waals surface area contributed by atoms with E-state index in [9.17, 15) is 4.79 Å². The second-order valence-corrected chi connectivity index (χ2v) is 6.44. The van der Waals surface area contributed by atoms with Crippen molar-refractivity contribution in [1.29, 1.82) is 0 Å². The van der Waals surface area contributed by atoms with Crippen molar-refractivity contribution >= 4 is 6.09 Å². The van der Waals surface area contributed by atoms with E-state index >= 15 is 0 Å². The number of amides is 1. The average molecular weight is 328 g/mol. The minimum Gasteiger partial charge on any atom is -0.457 e. The van der Waals surface area contributed by atoms with E-state index < -0.39 is 17.7 Å². The Kier molecular flexibility index (Phi) is 5.82. The normalized spacial score (nSPS) is 12.3. The van der Waals surface area contributed by atoms with E-state index in [0.29, 0.717) is 5.75 Å². The van der Waals surface area contributed by atoms with Crippen LogP contribution in [-0.2, 0) is 4.74 Å². The molecule has 2 aromatic carbocycles. The van der Waals surface area contributed by atoms with Crippen LogP contribution < -0.4 is 15.8 Å². The lowest BCUT2D eigenvalue weighted by Gasteiger charge is -2.21. The van der Waals surface area contributed by atoms with Crippen molar-refractivity contribution in [2.45, 2.75) is 32.4 Å². The minimum absolute atomic E-state index is 0.254. The molecule has 1 atom stereocenters. The molecule has 0 saturated heterocycles. The van der Waals surface area contributed by atoms with Crippen LogP contribution >= 0.6 is 0 Å². The SMILES string of the molecule is CC(C)(C)OC(=O)NCC(N)c1ccccc1Oc1ccccc1. The van der Waals surface area contributed by atoms with E-state index in [4.69, 9.17) is 15.2 Å². The summed E-state index contributed by atoms with van der Waals surface area (Å²) in [6.07, 6.45) is -0.487. The van der Waals surface area contributed by atoms with Crippen molar-refractivity contribution in [3.8, 4) is 11.5 Å². The van der Waals surface area contributed by atoms with Crippen molar-refractivity contribution in [1.82, 2.24) is 5.32 Å². The van der Waals surface area contributed by atoms with Gasteiger partial charge < -0.3 is 20.5 Å². The fourth-order valence-electron chi connectivity index (χ4n) is 2.11. The first kappa shape index (κ1) is 17.8. The summed E-state index contributed by atoms with van der Waals surface area (Å²) in [5.41, 5.74) is 6.49. The Morgan fingerprint density at radius 1 is 1.08 bits per heavy atom. The van der Waals surface area contributed by atoms with Gasteiger partial charge in [0.1, 0.15) is 17.1 Å². The lowest BCUT2D eigenvalue weighted by atomic mass is 10.1. The van der Waals surface area contributed by atoms with Crippen LogP contribution in [0.5, 0.6) is 11.5 Å². The second kappa shape index (κ2) is 7.84. The summed E-state index contributed by atoms with van der Waals surface area (Å²) in [5.74, 6) is 1.40. The van der Waals surface area contributed by atoms with Crippen LogP contribution in [0.4, 0.5) is 4.79 Å². The number of hydrogen-bond donors (Lipinski definition) is 2. The van der Waals surface area contributed by atoms with Gasteiger partial charge in [-0.1, -0.05) is 36.4 Å². The van der Waals surface area contributed by atoms with Gasteiger partial charge in [-0.05, 0) is 39.0 Å². The highest BCUT2D eigenvalue weighted by atomic mass is 16.6. The Hall–Kier alpha value is -2.53. The third-order valence-electron chi connectivity index (χ3n) is 3.15. The summed E-state index contributed by atoms with van der Waals surface area (Å²) in [4.78, 5) is 11.8. The van der Waals surface area contributed by atoms with E-state index in [2.05, 4.69) is 5.32 Å². The molecule has 0 spiro atoms. The molecule has 0 radical (unpaired) electrons. The molecule has 0 aliphatic heterocycles. The summed E-state index contributed by atoms with van der Waals surface area (Å²) in [6, 6.07) is 16.6. The molecule has 0 aliphatic carbocycles. The predicted octanol–water partition coefficient (Wildman–Crippen LogP) is 4.00. The molecule has 0 saturated carbocycles. The summed E-state index contributed by atoms with van der Waals surface area (Å²) < 4.78 is 11.1. The highest BCUT2D eigenvalue weighted by Gasteiger charge is 2.18. The molecule has 128 valence electrons. The first-order valence-corrected chi connectivity index (χ1v) is 7.89. The molecule has 0 fully saturated rings. The number of hydrogen-bond acceptors (Lipinski definition) is 4. The lowest BCUT2D eigenvalue weighted by molar-refractivity contribution is 0.0524. The Bertz CT molecular complexity index is 666. The van der Waals surface area contributed by atoms with Crippen molar-refractivity contribution in [3.63, 3.8) is 0 Å². The summed E-state index contributed by atoms with van der Waals surface area (Å²) >= 11 is 0. The number of nitrogens with two attached hydrogens (primary N) is 1. The number of ether oxygens (including phenoxy) is 2. The minimum atomic E-state index is -0.539. The van der Waals surface area contributed by atoms with Crippen LogP contribution in [0.1, 0.15) is 32.4 Å². The van der Waals surface area contributed by atoms with Gasteiger partial charge in [-0.3, -0.25) is 0 Å². The van der Waals surface area contributed by atoms with Crippen molar-refractivity contribution in [3.05, 3.63) is 60.2 Å². The third kappa shape index (κ3) is 5.59. The summed E-state index contributed by atoms with van der Waals surface area (Å²) in [6.45, 7) is 5.70. The molecule has 3 N–H and O–H groups in total. The van der Waals surface area contributed by atoms with Gasteiger partial charge >= 0.3 is 6.09 Å². The lowest BCUT2D eigenvalue weighted by Crippen LogP contribution is -2.36. The molecule has 0 heterocycles. The van der Waals surface area contributed by atoms with Gasteiger partial charge in [0.25, 0.3) is 0 Å². The van der Waals surface area contributed by atoms with Gasteiger partial charge in [0.05, 0.1) is 6.04 Å². The van der Waals surface area contributed by atoms with Crippen LogP contribution in [0.2, 0.25) is 0 Å². The predicted molar refractivity (Wildman–Crippen MR) is 94.1 cm³/mol. The molecular weight excluding hydrogens is 304 g/mol. The van der Waals surface area contributed by atoms with Gasteiger partial charge in [-0.25, -0.2) is 4.79 Å².